The molecule has 1 rings (SSSR count). The molecular weight excluding hydrogens is 332 g/mol. The molecule has 1 aromatic rings. The van der Waals surface area contributed by atoms with E-state index in [9.17, 15) is 19.7 Å². The van der Waals surface area contributed by atoms with Gasteiger partial charge in [-0.2, -0.15) is 4.99 Å². The topological polar surface area (TPSA) is 97.8 Å². The summed E-state index contributed by atoms with van der Waals surface area (Å²) in [5.74, 6) is -0.391. The maximum Gasteiger partial charge on any atom is 0.343 e. The summed E-state index contributed by atoms with van der Waals surface area (Å²) in [6.07, 6.45) is 1.53. The zero-order valence-corrected chi connectivity index (χ0v) is 15.6. The van der Waals surface area contributed by atoms with Gasteiger partial charge in [-0.15, -0.1) is 0 Å². The molecule has 1 heterocycles. The first-order valence-electron chi connectivity index (χ1n) is 7.81. The first-order valence-corrected chi connectivity index (χ1v) is 8.63. The van der Waals surface area contributed by atoms with Gasteiger partial charge < -0.3 is 9.47 Å². The molecule has 8 nitrogen and oxygen atoms in total. The van der Waals surface area contributed by atoms with Crippen molar-refractivity contribution in [2.24, 2.45) is 10.4 Å². The molecule has 0 aromatic carbocycles. The largest absolute Gasteiger partial charge is 0.343 e. The number of rotatable bonds is 6. The Kier molecular flexibility index (Phi) is 6.82. The van der Waals surface area contributed by atoms with Gasteiger partial charge >= 0.3 is 5.00 Å². The number of hydrogen-bond acceptors (Lipinski definition) is 5. The summed E-state index contributed by atoms with van der Waals surface area (Å²) >= 11 is 0.835. The van der Waals surface area contributed by atoms with E-state index in [2.05, 4.69) is 4.99 Å². The zero-order valence-electron chi connectivity index (χ0n) is 14.7. The quantitative estimate of drug-likeness (QED) is 0.576. The number of nitro groups is 1. The Bertz CT molecular complexity index is 680. The number of hydrogen-bond donors (Lipinski definition) is 0. The molecule has 0 radical (unpaired) electrons. The molecule has 24 heavy (non-hydrogen) atoms. The fourth-order valence-corrected chi connectivity index (χ4v) is 2.74. The van der Waals surface area contributed by atoms with Crippen LogP contribution >= 0.6 is 11.3 Å². The summed E-state index contributed by atoms with van der Waals surface area (Å²) in [6.45, 7) is 10.5. The van der Waals surface area contributed by atoms with Crippen molar-refractivity contribution in [3.63, 3.8) is 0 Å². The van der Waals surface area contributed by atoms with Crippen molar-refractivity contribution in [1.82, 2.24) is 9.47 Å². The van der Waals surface area contributed by atoms with Crippen LogP contribution in [0.5, 0.6) is 0 Å². The van der Waals surface area contributed by atoms with E-state index in [4.69, 9.17) is 0 Å². The van der Waals surface area contributed by atoms with Gasteiger partial charge in [-0.25, -0.2) is 0 Å². The Balaban J connectivity index is 3.09. The predicted octanol–water partition coefficient (Wildman–Crippen LogP) is 2.19. The van der Waals surface area contributed by atoms with Crippen LogP contribution in [0.15, 0.2) is 11.2 Å². The minimum absolute atomic E-state index is 0.0329. The second-order valence-corrected chi connectivity index (χ2v) is 7.27. The number of carbonyl (C=O) groups excluding carboxylic acids is 2. The lowest BCUT2D eigenvalue weighted by atomic mass is 9.96. The molecule has 1 aromatic heterocycles. The normalized spacial score (nSPS) is 12.3. The Hall–Kier alpha value is -2.03. The van der Waals surface area contributed by atoms with Crippen molar-refractivity contribution < 1.29 is 14.5 Å². The second kappa shape index (κ2) is 8.18. The first-order chi connectivity index (χ1) is 11.1. The van der Waals surface area contributed by atoms with Crippen LogP contribution in [0, 0.1) is 15.5 Å². The molecule has 0 saturated heterocycles. The highest BCUT2D eigenvalue weighted by atomic mass is 32.1. The highest BCUT2D eigenvalue weighted by molar-refractivity contribution is 7.12. The molecule has 0 spiro atoms. The van der Waals surface area contributed by atoms with Crippen LogP contribution in [-0.2, 0) is 16.1 Å². The zero-order chi connectivity index (χ0) is 18.5. The van der Waals surface area contributed by atoms with Gasteiger partial charge in [0.25, 0.3) is 5.91 Å². The summed E-state index contributed by atoms with van der Waals surface area (Å²) < 4.78 is 1.51. The molecule has 9 heteroatoms. The second-order valence-electron chi connectivity index (χ2n) is 6.29. The lowest BCUT2D eigenvalue weighted by Crippen LogP contribution is -2.32. The first kappa shape index (κ1) is 20.0. The van der Waals surface area contributed by atoms with E-state index in [1.807, 2.05) is 13.8 Å². The van der Waals surface area contributed by atoms with Crippen LogP contribution in [0.1, 0.15) is 41.0 Å². The van der Waals surface area contributed by atoms with Crippen molar-refractivity contribution >= 4 is 28.2 Å². The number of carbonyl (C=O) groups is 2. The SMILES string of the molecule is CCN(CC)C(=O)CCn1cc([N+](=O)[O-])sc1=NC(=O)C(C)(C)C. The minimum atomic E-state index is -0.673. The van der Waals surface area contributed by atoms with E-state index in [1.54, 1.807) is 25.7 Å². The van der Waals surface area contributed by atoms with Crippen molar-refractivity contribution in [2.75, 3.05) is 13.1 Å². The average molecular weight is 356 g/mol. The van der Waals surface area contributed by atoms with Gasteiger partial charge in [-0.3, -0.25) is 19.7 Å². The van der Waals surface area contributed by atoms with E-state index >= 15 is 0 Å². The van der Waals surface area contributed by atoms with Crippen LogP contribution in [0.25, 0.3) is 0 Å². The third-order valence-electron chi connectivity index (χ3n) is 3.41. The van der Waals surface area contributed by atoms with Gasteiger partial charge in [-0.1, -0.05) is 20.8 Å². The van der Waals surface area contributed by atoms with Crippen molar-refractivity contribution in [1.29, 1.82) is 0 Å². The summed E-state index contributed by atoms with van der Waals surface area (Å²) in [4.78, 5) is 40.6. The van der Waals surface area contributed by atoms with Gasteiger partial charge in [0.1, 0.15) is 0 Å². The van der Waals surface area contributed by atoms with Gasteiger partial charge in [-0.05, 0) is 25.2 Å². The fraction of sp³-hybridized carbons (Fsp3) is 0.667. The van der Waals surface area contributed by atoms with Crippen LogP contribution in [0.4, 0.5) is 5.00 Å². The summed E-state index contributed by atoms with van der Waals surface area (Å²) in [5.41, 5.74) is -0.673. The third-order valence-corrected chi connectivity index (χ3v) is 4.38. The number of aryl methyl sites for hydroxylation is 1. The van der Waals surface area contributed by atoms with Crippen molar-refractivity contribution in [3.05, 3.63) is 21.1 Å². The van der Waals surface area contributed by atoms with Crippen LogP contribution in [-0.4, -0.2) is 39.3 Å². The molecule has 0 bridgehead atoms. The number of amides is 2. The van der Waals surface area contributed by atoms with Crippen molar-refractivity contribution in [3.8, 4) is 0 Å². The molecule has 0 fully saturated rings. The van der Waals surface area contributed by atoms with E-state index in [1.165, 1.54) is 10.8 Å². The molecule has 0 unspecified atom stereocenters. The summed E-state index contributed by atoms with van der Waals surface area (Å²) in [7, 11) is 0. The summed E-state index contributed by atoms with van der Waals surface area (Å²) in [6, 6.07) is 0. The number of aromatic nitrogens is 1. The lowest BCUT2D eigenvalue weighted by Gasteiger charge is -2.18. The molecule has 0 saturated carbocycles. The minimum Gasteiger partial charge on any atom is -0.343 e. The number of thiazole rings is 1. The Morgan fingerprint density at radius 1 is 1.33 bits per heavy atom. The standard InChI is InChI=1S/C15H24N4O4S/c1-6-17(7-2)11(20)8-9-18-10-12(19(22)23)24-14(18)16-13(21)15(3,4)5/h10H,6-9H2,1-5H3. The van der Waals surface area contributed by atoms with Crippen LogP contribution in [0.3, 0.4) is 0 Å². The maximum absolute atomic E-state index is 12.1. The summed E-state index contributed by atoms with van der Waals surface area (Å²) in [5, 5.41) is 10.9. The smallest absolute Gasteiger partial charge is 0.343 e. The predicted molar refractivity (Wildman–Crippen MR) is 91.5 cm³/mol. The molecular formula is C15H24N4O4S. The Morgan fingerprint density at radius 2 is 1.92 bits per heavy atom. The van der Waals surface area contributed by atoms with Crippen LogP contribution in [0.2, 0.25) is 0 Å². The fourth-order valence-electron chi connectivity index (χ4n) is 1.90. The van der Waals surface area contributed by atoms with Crippen molar-refractivity contribution in [2.45, 2.75) is 47.6 Å². The van der Waals surface area contributed by atoms with Gasteiger partial charge in [0.2, 0.25) is 5.91 Å². The molecule has 2 amide bonds. The lowest BCUT2D eigenvalue weighted by molar-refractivity contribution is -0.380. The van der Waals surface area contributed by atoms with E-state index in [0.29, 0.717) is 13.1 Å². The highest BCUT2D eigenvalue weighted by Gasteiger charge is 2.22. The monoisotopic (exact) mass is 356 g/mol. The molecule has 0 aliphatic carbocycles. The van der Waals surface area contributed by atoms with Gasteiger partial charge in [0, 0.05) is 31.5 Å². The molecule has 0 atom stereocenters. The molecule has 134 valence electrons. The van der Waals surface area contributed by atoms with E-state index in [0.717, 1.165) is 11.3 Å². The Morgan fingerprint density at radius 3 is 2.38 bits per heavy atom. The molecule has 0 aliphatic rings. The van der Waals surface area contributed by atoms with Gasteiger partial charge in [0.15, 0.2) is 4.80 Å². The van der Waals surface area contributed by atoms with E-state index in [-0.39, 0.29) is 34.6 Å². The van der Waals surface area contributed by atoms with E-state index < -0.39 is 10.3 Å². The average Bonchev–Trinajstić information content (AvgIpc) is 2.88. The Labute approximate surface area is 145 Å². The third kappa shape index (κ3) is 5.26. The molecule has 0 N–H and O–H groups in total. The highest BCUT2D eigenvalue weighted by Crippen LogP contribution is 2.17. The maximum atomic E-state index is 12.1. The molecule has 0 aliphatic heterocycles. The number of nitrogens with zero attached hydrogens (tertiary/aromatic N) is 4. The van der Waals surface area contributed by atoms with Crippen LogP contribution < -0.4 is 4.80 Å². The van der Waals surface area contributed by atoms with Gasteiger partial charge in [0.05, 0.1) is 11.1 Å².